The van der Waals surface area contributed by atoms with Crippen LogP contribution in [0.4, 0.5) is 0 Å². The monoisotopic (exact) mass is 345 g/mol. The van der Waals surface area contributed by atoms with Crippen molar-refractivity contribution in [2.45, 2.75) is 25.4 Å². The van der Waals surface area contributed by atoms with Crippen molar-refractivity contribution < 1.29 is 0 Å². The van der Waals surface area contributed by atoms with Crippen LogP contribution in [0.25, 0.3) is 11.1 Å². The fourth-order valence-electron chi connectivity index (χ4n) is 3.74. The second kappa shape index (κ2) is 7.67. The SMILES string of the molecule is O=c1c(-c2ccccc2)ccnn1CC(c1ccccc1)N1CCCC1. The first-order valence-corrected chi connectivity index (χ1v) is 9.23. The summed E-state index contributed by atoms with van der Waals surface area (Å²) in [5, 5.41) is 4.38. The minimum atomic E-state index is -0.0289. The Labute approximate surface area is 153 Å². The Kier molecular flexibility index (Phi) is 4.93. The summed E-state index contributed by atoms with van der Waals surface area (Å²) in [7, 11) is 0. The van der Waals surface area contributed by atoms with Crippen LogP contribution in [-0.2, 0) is 6.54 Å². The third-order valence-corrected chi connectivity index (χ3v) is 5.11. The molecule has 1 aliphatic rings. The molecule has 4 heteroatoms. The second-order valence-electron chi connectivity index (χ2n) is 6.77. The van der Waals surface area contributed by atoms with Crippen LogP contribution in [0.3, 0.4) is 0 Å². The lowest BCUT2D eigenvalue weighted by atomic mass is 10.1. The molecular weight excluding hydrogens is 322 g/mol. The highest BCUT2D eigenvalue weighted by Crippen LogP contribution is 2.26. The van der Waals surface area contributed by atoms with E-state index in [0.29, 0.717) is 12.1 Å². The maximum Gasteiger partial charge on any atom is 0.274 e. The van der Waals surface area contributed by atoms with Crippen molar-refractivity contribution in [3.8, 4) is 11.1 Å². The van der Waals surface area contributed by atoms with E-state index in [4.69, 9.17) is 0 Å². The van der Waals surface area contributed by atoms with Gasteiger partial charge in [-0.15, -0.1) is 0 Å². The quantitative estimate of drug-likeness (QED) is 0.707. The fraction of sp³-hybridized carbons (Fsp3) is 0.273. The number of nitrogens with zero attached hydrogens (tertiary/aromatic N) is 3. The normalized spacial score (nSPS) is 15.8. The molecule has 1 atom stereocenters. The topological polar surface area (TPSA) is 38.1 Å². The Bertz CT molecular complexity index is 899. The summed E-state index contributed by atoms with van der Waals surface area (Å²) < 4.78 is 1.62. The average Bonchev–Trinajstić information content (AvgIpc) is 3.23. The number of likely N-dealkylation sites (tertiary alicyclic amines) is 1. The highest BCUT2D eigenvalue weighted by atomic mass is 16.1. The molecule has 132 valence electrons. The van der Waals surface area contributed by atoms with Gasteiger partial charge < -0.3 is 0 Å². The van der Waals surface area contributed by atoms with Gasteiger partial charge in [-0.25, -0.2) is 4.68 Å². The van der Waals surface area contributed by atoms with E-state index in [1.165, 1.54) is 18.4 Å². The zero-order chi connectivity index (χ0) is 17.8. The van der Waals surface area contributed by atoms with Gasteiger partial charge in [0, 0.05) is 6.20 Å². The molecule has 1 saturated heterocycles. The van der Waals surface area contributed by atoms with Crippen molar-refractivity contribution in [2.75, 3.05) is 13.1 Å². The van der Waals surface area contributed by atoms with E-state index in [9.17, 15) is 4.79 Å². The average molecular weight is 345 g/mol. The third-order valence-electron chi connectivity index (χ3n) is 5.11. The minimum absolute atomic E-state index is 0.0289. The largest absolute Gasteiger partial charge is 0.294 e. The summed E-state index contributed by atoms with van der Waals surface area (Å²) in [5.74, 6) is 0. The molecule has 1 fully saturated rings. The Balaban J connectivity index is 1.69. The van der Waals surface area contributed by atoms with Crippen LogP contribution in [0.2, 0.25) is 0 Å². The molecule has 0 bridgehead atoms. The Morgan fingerprint density at radius 3 is 2.23 bits per heavy atom. The van der Waals surface area contributed by atoms with Gasteiger partial charge in [-0.1, -0.05) is 60.7 Å². The van der Waals surface area contributed by atoms with Crippen molar-refractivity contribution in [3.05, 3.63) is 88.8 Å². The summed E-state index contributed by atoms with van der Waals surface area (Å²) in [6.07, 6.45) is 4.17. The first-order chi connectivity index (χ1) is 12.8. The van der Waals surface area contributed by atoms with Crippen molar-refractivity contribution in [2.24, 2.45) is 0 Å². The molecule has 2 heterocycles. The van der Waals surface area contributed by atoms with E-state index in [2.05, 4.69) is 34.3 Å². The summed E-state index contributed by atoms with van der Waals surface area (Å²) in [5.41, 5.74) is 2.85. The second-order valence-corrected chi connectivity index (χ2v) is 6.77. The lowest BCUT2D eigenvalue weighted by Crippen LogP contribution is -2.34. The maximum atomic E-state index is 13.0. The first kappa shape index (κ1) is 16.7. The lowest BCUT2D eigenvalue weighted by molar-refractivity contribution is 0.213. The first-order valence-electron chi connectivity index (χ1n) is 9.23. The van der Waals surface area contributed by atoms with Gasteiger partial charge >= 0.3 is 0 Å². The van der Waals surface area contributed by atoms with E-state index in [1.807, 2.05) is 42.5 Å². The van der Waals surface area contributed by atoms with Gasteiger partial charge in [0.25, 0.3) is 5.56 Å². The molecule has 3 aromatic rings. The van der Waals surface area contributed by atoms with E-state index < -0.39 is 0 Å². The van der Waals surface area contributed by atoms with Crippen LogP contribution < -0.4 is 5.56 Å². The summed E-state index contributed by atoms with van der Waals surface area (Å²) in [6, 6.07) is 22.2. The predicted molar refractivity (Wildman–Crippen MR) is 104 cm³/mol. The van der Waals surface area contributed by atoms with Gasteiger partial charge in [-0.3, -0.25) is 9.69 Å². The van der Waals surface area contributed by atoms with Crippen molar-refractivity contribution >= 4 is 0 Å². The molecule has 1 aliphatic heterocycles. The summed E-state index contributed by atoms with van der Waals surface area (Å²) in [4.78, 5) is 15.5. The molecule has 0 spiro atoms. The minimum Gasteiger partial charge on any atom is -0.294 e. The van der Waals surface area contributed by atoms with Crippen molar-refractivity contribution in [1.82, 2.24) is 14.7 Å². The molecule has 4 rings (SSSR count). The number of benzene rings is 2. The Hall–Kier alpha value is -2.72. The van der Waals surface area contributed by atoms with Gasteiger partial charge in [0.15, 0.2) is 0 Å². The van der Waals surface area contributed by atoms with Gasteiger partial charge in [-0.05, 0) is 43.1 Å². The van der Waals surface area contributed by atoms with Crippen LogP contribution in [0.15, 0.2) is 77.7 Å². The highest BCUT2D eigenvalue weighted by Gasteiger charge is 2.24. The summed E-state index contributed by atoms with van der Waals surface area (Å²) in [6.45, 7) is 2.73. The van der Waals surface area contributed by atoms with Crippen LogP contribution in [0, 0.1) is 0 Å². The molecular formula is C22H23N3O. The van der Waals surface area contributed by atoms with Gasteiger partial charge in [0.05, 0.1) is 18.2 Å². The maximum absolute atomic E-state index is 13.0. The highest BCUT2D eigenvalue weighted by molar-refractivity contribution is 5.61. The molecule has 2 aromatic carbocycles. The number of hydrogen-bond acceptors (Lipinski definition) is 3. The smallest absolute Gasteiger partial charge is 0.274 e. The van der Waals surface area contributed by atoms with E-state index in [0.717, 1.165) is 18.7 Å². The van der Waals surface area contributed by atoms with Gasteiger partial charge in [0.1, 0.15) is 0 Å². The van der Waals surface area contributed by atoms with Crippen molar-refractivity contribution in [1.29, 1.82) is 0 Å². The van der Waals surface area contributed by atoms with E-state index in [1.54, 1.807) is 10.9 Å². The van der Waals surface area contributed by atoms with Crippen LogP contribution in [0.5, 0.6) is 0 Å². The van der Waals surface area contributed by atoms with Crippen molar-refractivity contribution in [3.63, 3.8) is 0 Å². The standard InChI is InChI=1S/C22H23N3O/c26-22-20(18-9-3-1-4-10-18)13-14-23-25(22)17-21(24-15-7-8-16-24)19-11-5-2-6-12-19/h1-6,9-14,21H,7-8,15-17H2. The number of hydrogen-bond donors (Lipinski definition) is 0. The van der Waals surface area contributed by atoms with Crippen LogP contribution >= 0.6 is 0 Å². The van der Waals surface area contributed by atoms with Gasteiger partial charge in [0.2, 0.25) is 0 Å². The van der Waals surface area contributed by atoms with Gasteiger partial charge in [-0.2, -0.15) is 5.10 Å². The Morgan fingerprint density at radius 2 is 1.54 bits per heavy atom. The predicted octanol–water partition coefficient (Wildman–Crippen LogP) is 3.75. The number of rotatable bonds is 5. The van der Waals surface area contributed by atoms with Crippen LogP contribution in [0.1, 0.15) is 24.4 Å². The number of aromatic nitrogens is 2. The van der Waals surface area contributed by atoms with Crippen LogP contribution in [-0.4, -0.2) is 27.8 Å². The molecule has 1 aromatic heterocycles. The summed E-state index contributed by atoms with van der Waals surface area (Å²) >= 11 is 0. The molecule has 0 aliphatic carbocycles. The Morgan fingerprint density at radius 1 is 0.885 bits per heavy atom. The molecule has 1 unspecified atom stereocenters. The molecule has 0 saturated carbocycles. The van der Waals surface area contributed by atoms with E-state index >= 15 is 0 Å². The lowest BCUT2D eigenvalue weighted by Gasteiger charge is -2.28. The zero-order valence-corrected chi connectivity index (χ0v) is 14.8. The molecule has 26 heavy (non-hydrogen) atoms. The fourth-order valence-corrected chi connectivity index (χ4v) is 3.74. The zero-order valence-electron chi connectivity index (χ0n) is 14.8. The molecule has 4 nitrogen and oxygen atoms in total. The third kappa shape index (κ3) is 3.46. The molecule has 0 radical (unpaired) electrons. The molecule has 0 amide bonds. The molecule has 0 N–H and O–H groups in total. The van der Waals surface area contributed by atoms with E-state index in [-0.39, 0.29) is 11.6 Å².